The van der Waals surface area contributed by atoms with Gasteiger partial charge in [0.1, 0.15) is 0 Å². The molecule has 0 radical (unpaired) electrons. The van der Waals surface area contributed by atoms with Gasteiger partial charge in [0.05, 0.1) is 22.1 Å². The molecule has 0 spiro atoms. The molecule has 3 rings (SSSR count). The molecule has 1 aromatic heterocycles. The maximum absolute atomic E-state index is 12.2. The number of hydrogen-bond donors (Lipinski definition) is 1. The molecule has 1 amide bonds. The van der Waals surface area contributed by atoms with Crippen molar-refractivity contribution in [3.8, 4) is 5.69 Å². The second kappa shape index (κ2) is 8.02. The predicted molar refractivity (Wildman–Crippen MR) is 98.5 cm³/mol. The highest BCUT2D eigenvalue weighted by atomic mass is 35.5. The lowest BCUT2D eigenvalue weighted by Gasteiger charge is -2.08. The van der Waals surface area contributed by atoms with Gasteiger partial charge in [0, 0.05) is 25.3 Å². The van der Waals surface area contributed by atoms with Crippen molar-refractivity contribution in [2.45, 2.75) is 33.1 Å². The molecule has 1 saturated carbocycles. The molecule has 0 atom stereocenters. The van der Waals surface area contributed by atoms with Gasteiger partial charge in [-0.3, -0.25) is 4.79 Å². The Morgan fingerprint density at radius 3 is 2.64 bits per heavy atom. The maximum atomic E-state index is 12.2. The van der Waals surface area contributed by atoms with Gasteiger partial charge in [-0.25, -0.2) is 4.68 Å². The van der Waals surface area contributed by atoms with Crippen LogP contribution in [0.3, 0.4) is 0 Å². The van der Waals surface area contributed by atoms with Gasteiger partial charge >= 0.3 is 0 Å². The van der Waals surface area contributed by atoms with Crippen molar-refractivity contribution in [2.75, 3.05) is 19.8 Å². The fourth-order valence-corrected chi connectivity index (χ4v) is 2.76. The number of hydrogen-bond acceptors (Lipinski definition) is 3. The minimum atomic E-state index is -0.0693. The van der Waals surface area contributed by atoms with E-state index in [4.69, 9.17) is 16.3 Å². The van der Waals surface area contributed by atoms with Crippen molar-refractivity contribution < 1.29 is 9.53 Å². The number of halogens is 1. The summed E-state index contributed by atoms with van der Waals surface area (Å²) in [5.41, 5.74) is 3.21. The molecule has 2 aromatic rings. The van der Waals surface area contributed by atoms with Crippen LogP contribution in [0.15, 0.2) is 24.3 Å². The van der Waals surface area contributed by atoms with Gasteiger partial charge in [0.25, 0.3) is 5.91 Å². The van der Waals surface area contributed by atoms with Crippen molar-refractivity contribution in [1.82, 2.24) is 15.1 Å². The van der Waals surface area contributed by atoms with Gasteiger partial charge < -0.3 is 10.1 Å². The Morgan fingerprint density at radius 2 is 2.04 bits per heavy atom. The molecule has 1 aliphatic rings. The lowest BCUT2D eigenvalue weighted by Crippen LogP contribution is -2.25. The summed E-state index contributed by atoms with van der Waals surface area (Å²) in [5.74, 6) is 0.713. The molecule has 134 valence electrons. The third-order valence-electron chi connectivity index (χ3n) is 4.38. The van der Waals surface area contributed by atoms with E-state index < -0.39 is 0 Å². The van der Waals surface area contributed by atoms with Crippen LogP contribution in [-0.2, 0) is 4.74 Å². The Morgan fingerprint density at radius 1 is 1.32 bits per heavy atom. The van der Waals surface area contributed by atoms with E-state index in [1.54, 1.807) is 16.8 Å². The van der Waals surface area contributed by atoms with Crippen molar-refractivity contribution in [1.29, 1.82) is 0 Å². The normalized spacial score (nSPS) is 13.9. The summed E-state index contributed by atoms with van der Waals surface area (Å²) in [4.78, 5) is 12.2. The molecule has 1 N–H and O–H groups in total. The molecular formula is C19H24ClN3O2. The third-order valence-corrected chi connectivity index (χ3v) is 4.93. The second-order valence-corrected chi connectivity index (χ2v) is 6.95. The van der Waals surface area contributed by atoms with Crippen LogP contribution in [0.5, 0.6) is 0 Å². The molecule has 0 unspecified atom stereocenters. The number of carbonyl (C=O) groups excluding carboxylic acids is 1. The van der Waals surface area contributed by atoms with E-state index in [1.165, 1.54) is 12.8 Å². The van der Waals surface area contributed by atoms with E-state index in [-0.39, 0.29) is 5.91 Å². The van der Waals surface area contributed by atoms with E-state index in [0.717, 1.165) is 36.0 Å². The highest BCUT2D eigenvalue weighted by Gasteiger charge is 2.20. The summed E-state index contributed by atoms with van der Waals surface area (Å²) in [6.07, 6.45) is 3.44. The molecule has 0 aliphatic heterocycles. The van der Waals surface area contributed by atoms with Gasteiger partial charge in [0.2, 0.25) is 0 Å². The number of nitrogens with one attached hydrogen (secondary N) is 1. The third kappa shape index (κ3) is 4.61. The average molecular weight is 362 g/mol. The smallest absolute Gasteiger partial charge is 0.251 e. The number of rotatable bonds is 8. The van der Waals surface area contributed by atoms with Gasteiger partial charge in [-0.05, 0) is 63.3 Å². The molecule has 1 aliphatic carbocycles. The largest absolute Gasteiger partial charge is 0.381 e. The zero-order valence-corrected chi connectivity index (χ0v) is 15.5. The molecule has 1 fully saturated rings. The summed E-state index contributed by atoms with van der Waals surface area (Å²) in [7, 11) is 0. The van der Waals surface area contributed by atoms with Crippen molar-refractivity contribution in [3.05, 3.63) is 46.2 Å². The topological polar surface area (TPSA) is 56.2 Å². The van der Waals surface area contributed by atoms with Gasteiger partial charge in [-0.1, -0.05) is 11.6 Å². The Balaban J connectivity index is 1.49. The Bertz CT molecular complexity index is 736. The maximum Gasteiger partial charge on any atom is 0.251 e. The van der Waals surface area contributed by atoms with Gasteiger partial charge in [-0.15, -0.1) is 0 Å². The quantitative estimate of drug-likeness (QED) is 0.729. The molecule has 0 bridgehead atoms. The first kappa shape index (κ1) is 18.0. The number of aromatic nitrogens is 2. The van der Waals surface area contributed by atoms with E-state index >= 15 is 0 Å². The average Bonchev–Trinajstić information content (AvgIpc) is 3.41. The van der Waals surface area contributed by atoms with E-state index in [9.17, 15) is 4.79 Å². The van der Waals surface area contributed by atoms with Crippen LogP contribution in [0.1, 0.15) is 41.0 Å². The van der Waals surface area contributed by atoms with Crippen LogP contribution < -0.4 is 5.32 Å². The highest BCUT2D eigenvalue weighted by molar-refractivity contribution is 6.31. The zero-order chi connectivity index (χ0) is 17.8. The van der Waals surface area contributed by atoms with Gasteiger partial charge in [0.15, 0.2) is 0 Å². The molecule has 25 heavy (non-hydrogen) atoms. The van der Waals surface area contributed by atoms with Crippen LogP contribution in [0.25, 0.3) is 5.69 Å². The van der Waals surface area contributed by atoms with Crippen molar-refractivity contribution >= 4 is 17.5 Å². The van der Waals surface area contributed by atoms with Crippen molar-refractivity contribution in [2.24, 2.45) is 5.92 Å². The Labute approximate surface area is 153 Å². The summed E-state index contributed by atoms with van der Waals surface area (Å²) in [6, 6.07) is 7.37. The molecular weight excluding hydrogens is 338 g/mol. The molecule has 1 heterocycles. The number of amides is 1. The highest BCUT2D eigenvalue weighted by Crippen LogP contribution is 2.28. The van der Waals surface area contributed by atoms with E-state index in [1.807, 2.05) is 26.0 Å². The first-order valence-electron chi connectivity index (χ1n) is 8.74. The monoisotopic (exact) mass is 361 g/mol. The number of benzene rings is 1. The standard InChI is InChI=1S/C19H24ClN3O2/c1-13-18(20)14(2)23(22-13)17-8-6-16(7-9-17)19(24)21-10-3-11-25-12-15-4-5-15/h6-9,15H,3-5,10-12H2,1-2H3,(H,21,24). The molecule has 5 nitrogen and oxygen atoms in total. The zero-order valence-electron chi connectivity index (χ0n) is 14.7. The van der Waals surface area contributed by atoms with Crippen LogP contribution in [0, 0.1) is 19.8 Å². The van der Waals surface area contributed by atoms with Crippen molar-refractivity contribution in [3.63, 3.8) is 0 Å². The lowest BCUT2D eigenvalue weighted by molar-refractivity contribution is 0.0937. The first-order valence-corrected chi connectivity index (χ1v) is 9.12. The molecule has 1 aromatic carbocycles. The number of aryl methyl sites for hydroxylation is 1. The van der Waals surface area contributed by atoms with Crippen LogP contribution >= 0.6 is 11.6 Å². The van der Waals surface area contributed by atoms with Crippen LogP contribution in [0.4, 0.5) is 0 Å². The second-order valence-electron chi connectivity index (χ2n) is 6.57. The number of ether oxygens (including phenoxy) is 1. The lowest BCUT2D eigenvalue weighted by atomic mass is 10.2. The number of carbonyl (C=O) groups is 1. The Kier molecular flexibility index (Phi) is 5.76. The van der Waals surface area contributed by atoms with Gasteiger partial charge in [-0.2, -0.15) is 5.10 Å². The van der Waals surface area contributed by atoms with E-state index in [0.29, 0.717) is 23.7 Å². The minimum Gasteiger partial charge on any atom is -0.381 e. The first-order chi connectivity index (χ1) is 12.1. The fraction of sp³-hybridized carbons (Fsp3) is 0.474. The molecule has 0 saturated heterocycles. The Hall–Kier alpha value is -1.85. The van der Waals surface area contributed by atoms with Crippen LogP contribution in [0.2, 0.25) is 5.02 Å². The fourth-order valence-electron chi connectivity index (χ4n) is 2.64. The minimum absolute atomic E-state index is 0.0693. The summed E-state index contributed by atoms with van der Waals surface area (Å²) < 4.78 is 7.35. The summed E-state index contributed by atoms with van der Waals surface area (Å²) in [5, 5.41) is 8.02. The summed E-state index contributed by atoms with van der Waals surface area (Å²) in [6.45, 7) is 5.99. The van der Waals surface area contributed by atoms with Crippen LogP contribution in [-0.4, -0.2) is 35.4 Å². The van der Waals surface area contributed by atoms with E-state index in [2.05, 4.69) is 10.4 Å². The summed E-state index contributed by atoms with van der Waals surface area (Å²) >= 11 is 6.19. The SMILES string of the molecule is Cc1nn(-c2ccc(C(=O)NCCCOCC3CC3)cc2)c(C)c1Cl. The number of nitrogens with zero attached hydrogens (tertiary/aromatic N) is 2. The predicted octanol–water partition coefficient (Wildman–Crippen LogP) is 3.69. The molecule has 6 heteroatoms.